The first kappa shape index (κ1) is 15.7. The molecule has 4 heteroatoms. The normalized spacial score (nSPS) is 11.7. The van der Waals surface area contributed by atoms with Gasteiger partial charge in [-0.3, -0.25) is 0 Å². The number of sulfone groups is 1. The van der Waals surface area contributed by atoms with Crippen molar-refractivity contribution in [1.82, 2.24) is 4.57 Å². The lowest BCUT2D eigenvalue weighted by atomic mass is 10.1. The molecule has 0 radical (unpaired) electrons. The summed E-state index contributed by atoms with van der Waals surface area (Å²) in [5.74, 6) is 0. The molecule has 0 aliphatic rings. The van der Waals surface area contributed by atoms with Crippen molar-refractivity contribution in [3.05, 3.63) is 84.9 Å². The van der Waals surface area contributed by atoms with Crippen LogP contribution >= 0.6 is 0 Å². The Morgan fingerprint density at radius 2 is 1.32 bits per heavy atom. The maximum Gasteiger partial charge on any atom is 0.222 e. The molecule has 0 unspecified atom stereocenters. The zero-order chi connectivity index (χ0) is 17.4. The largest absolute Gasteiger partial charge is 0.334 e. The molecule has 0 atom stereocenters. The Labute approximate surface area is 147 Å². The Kier molecular flexibility index (Phi) is 3.70. The lowest BCUT2D eigenvalue weighted by molar-refractivity contribution is 0.587. The van der Waals surface area contributed by atoms with Crippen LogP contribution in [0.5, 0.6) is 0 Å². The van der Waals surface area contributed by atoms with Crippen LogP contribution in [-0.4, -0.2) is 13.0 Å². The highest BCUT2D eigenvalue weighted by Gasteiger charge is 2.22. The summed E-state index contributed by atoms with van der Waals surface area (Å²) in [4.78, 5) is 0.304. The fraction of sp³-hybridized carbons (Fsp3) is 0.0476. The van der Waals surface area contributed by atoms with Crippen molar-refractivity contribution in [3.63, 3.8) is 0 Å². The Morgan fingerprint density at radius 1 is 0.720 bits per heavy atom. The van der Waals surface area contributed by atoms with E-state index in [-0.39, 0.29) is 0 Å². The van der Waals surface area contributed by atoms with Gasteiger partial charge >= 0.3 is 0 Å². The van der Waals surface area contributed by atoms with E-state index in [9.17, 15) is 8.42 Å². The molecule has 1 heterocycles. The lowest BCUT2D eigenvalue weighted by Crippen LogP contribution is -2.07. The van der Waals surface area contributed by atoms with Crippen molar-refractivity contribution in [1.29, 1.82) is 0 Å². The van der Waals surface area contributed by atoms with Gasteiger partial charge in [-0.25, -0.2) is 8.42 Å². The number of hydrogen-bond acceptors (Lipinski definition) is 2. The molecule has 0 saturated carbocycles. The fourth-order valence-corrected chi connectivity index (χ4v) is 4.58. The second kappa shape index (κ2) is 5.90. The molecular weight excluding hydrogens is 330 g/mol. The van der Waals surface area contributed by atoms with E-state index in [0.29, 0.717) is 9.92 Å². The number of nitrogens with zero attached hydrogens (tertiary/aromatic N) is 1. The van der Waals surface area contributed by atoms with Crippen LogP contribution in [0.2, 0.25) is 0 Å². The van der Waals surface area contributed by atoms with Gasteiger partial charge in [0.15, 0.2) is 0 Å². The number of rotatable bonds is 3. The first-order valence-corrected chi connectivity index (χ1v) is 9.51. The molecule has 124 valence electrons. The first-order chi connectivity index (χ1) is 12.1. The molecule has 0 N–H and O–H groups in total. The average Bonchev–Trinajstić information content (AvgIpc) is 3.00. The summed E-state index contributed by atoms with van der Waals surface area (Å²) < 4.78 is 27.8. The van der Waals surface area contributed by atoms with E-state index in [2.05, 4.69) is 0 Å². The summed E-state index contributed by atoms with van der Waals surface area (Å²) in [7, 11) is -1.78. The van der Waals surface area contributed by atoms with E-state index in [4.69, 9.17) is 0 Å². The van der Waals surface area contributed by atoms with E-state index in [0.717, 1.165) is 22.0 Å². The van der Waals surface area contributed by atoms with Gasteiger partial charge in [0, 0.05) is 18.0 Å². The highest BCUT2D eigenvalue weighted by molar-refractivity contribution is 7.91. The van der Waals surface area contributed by atoms with Crippen molar-refractivity contribution in [2.45, 2.75) is 9.92 Å². The van der Waals surface area contributed by atoms with Gasteiger partial charge in [-0.15, -0.1) is 0 Å². The molecule has 0 aliphatic heterocycles. The van der Waals surface area contributed by atoms with Crippen LogP contribution in [0.4, 0.5) is 0 Å². The number of hydrogen-bond donors (Lipinski definition) is 0. The second-order valence-electron chi connectivity index (χ2n) is 5.99. The van der Waals surface area contributed by atoms with Crippen molar-refractivity contribution in [2.24, 2.45) is 7.05 Å². The molecule has 4 rings (SSSR count). The summed E-state index contributed by atoms with van der Waals surface area (Å²) in [5, 5.41) is 1.23. The predicted molar refractivity (Wildman–Crippen MR) is 100 cm³/mol. The smallest absolute Gasteiger partial charge is 0.222 e. The number of para-hydroxylation sites is 1. The minimum Gasteiger partial charge on any atom is -0.334 e. The molecule has 3 nitrogen and oxygen atoms in total. The summed E-state index contributed by atoms with van der Waals surface area (Å²) in [6.07, 6.45) is 0. The maximum atomic E-state index is 13.1. The van der Waals surface area contributed by atoms with Gasteiger partial charge in [0.1, 0.15) is 5.03 Å². The van der Waals surface area contributed by atoms with E-state index in [1.165, 1.54) is 0 Å². The van der Waals surface area contributed by atoms with Crippen LogP contribution in [-0.2, 0) is 16.9 Å². The van der Waals surface area contributed by atoms with Crippen molar-refractivity contribution < 1.29 is 8.42 Å². The fourth-order valence-electron chi connectivity index (χ4n) is 3.10. The molecule has 0 spiro atoms. The van der Waals surface area contributed by atoms with Crippen LogP contribution in [0.15, 0.2) is 94.9 Å². The molecular formula is C21H17NO2S. The lowest BCUT2D eigenvalue weighted by Gasteiger charge is -2.08. The molecule has 1 aromatic heterocycles. The molecule has 3 aromatic carbocycles. The molecule has 0 saturated heterocycles. The Morgan fingerprint density at radius 3 is 2.00 bits per heavy atom. The Bertz CT molecular complexity index is 1140. The standard InChI is InChI=1S/C21H17NO2S/c1-22-20-10-6-5-9-18(20)15-21(22)25(23,24)19-13-11-17(12-14-19)16-7-3-2-4-8-16/h2-15H,1H3. The third-order valence-corrected chi connectivity index (χ3v) is 6.29. The molecule has 0 fully saturated rings. The Hall–Kier alpha value is -2.85. The maximum absolute atomic E-state index is 13.1. The van der Waals surface area contributed by atoms with Gasteiger partial charge in [-0.2, -0.15) is 0 Å². The highest BCUT2D eigenvalue weighted by atomic mass is 32.2. The number of fused-ring (bicyclic) bond motifs is 1. The predicted octanol–water partition coefficient (Wildman–Crippen LogP) is 4.68. The van der Waals surface area contributed by atoms with Crippen LogP contribution in [0, 0.1) is 0 Å². The molecule has 0 bridgehead atoms. The van der Waals surface area contributed by atoms with E-state index >= 15 is 0 Å². The topological polar surface area (TPSA) is 39.1 Å². The van der Waals surface area contributed by atoms with Gasteiger partial charge < -0.3 is 4.57 Å². The van der Waals surface area contributed by atoms with Crippen molar-refractivity contribution >= 4 is 20.7 Å². The SMILES string of the molecule is Cn1c(S(=O)(=O)c2ccc(-c3ccccc3)cc2)cc2ccccc21. The van der Waals surface area contributed by atoms with E-state index in [1.807, 2.05) is 66.7 Å². The van der Waals surface area contributed by atoms with Crippen LogP contribution in [0.1, 0.15) is 0 Å². The molecule has 4 aromatic rings. The van der Waals surface area contributed by atoms with Crippen LogP contribution in [0.3, 0.4) is 0 Å². The third-order valence-electron chi connectivity index (χ3n) is 4.45. The minimum absolute atomic E-state index is 0.304. The molecule has 0 amide bonds. The van der Waals surface area contributed by atoms with E-state index < -0.39 is 9.84 Å². The average molecular weight is 347 g/mol. The van der Waals surface area contributed by atoms with Crippen molar-refractivity contribution in [3.8, 4) is 11.1 Å². The first-order valence-electron chi connectivity index (χ1n) is 8.02. The quantitative estimate of drug-likeness (QED) is 0.540. The summed E-state index contributed by atoms with van der Waals surface area (Å²) in [5.41, 5.74) is 2.97. The molecule has 0 aliphatic carbocycles. The van der Waals surface area contributed by atoms with Gasteiger partial charge in [0.05, 0.1) is 4.90 Å². The highest BCUT2D eigenvalue weighted by Crippen LogP contribution is 2.28. The summed E-state index contributed by atoms with van der Waals surface area (Å²) in [6.45, 7) is 0. The number of aromatic nitrogens is 1. The third kappa shape index (κ3) is 2.65. The molecule has 25 heavy (non-hydrogen) atoms. The zero-order valence-electron chi connectivity index (χ0n) is 13.8. The van der Waals surface area contributed by atoms with Crippen LogP contribution < -0.4 is 0 Å². The van der Waals surface area contributed by atoms with Gasteiger partial charge in [-0.05, 0) is 35.4 Å². The zero-order valence-corrected chi connectivity index (χ0v) is 14.6. The summed E-state index contributed by atoms with van der Waals surface area (Å²) >= 11 is 0. The van der Waals surface area contributed by atoms with Gasteiger partial charge in [-0.1, -0.05) is 60.7 Å². The summed E-state index contributed by atoms with van der Waals surface area (Å²) in [6, 6.07) is 26.4. The van der Waals surface area contributed by atoms with E-state index in [1.54, 1.807) is 29.8 Å². The van der Waals surface area contributed by atoms with Crippen molar-refractivity contribution in [2.75, 3.05) is 0 Å². The number of benzene rings is 3. The minimum atomic E-state index is -3.57. The monoisotopic (exact) mass is 347 g/mol. The van der Waals surface area contributed by atoms with Crippen LogP contribution in [0.25, 0.3) is 22.0 Å². The number of aryl methyl sites for hydroxylation is 1. The van der Waals surface area contributed by atoms with Gasteiger partial charge in [0.25, 0.3) is 0 Å². The van der Waals surface area contributed by atoms with Gasteiger partial charge in [0.2, 0.25) is 9.84 Å². The second-order valence-corrected chi connectivity index (χ2v) is 7.89. The Balaban J connectivity index is 1.78.